The lowest BCUT2D eigenvalue weighted by Gasteiger charge is -2.23. The van der Waals surface area contributed by atoms with Gasteiger partial charge in [0.05, 0.1) is 6.61 Å². The first-order valence-electron chi connectivity index (χ1n) is 19.5. The van der Waals surface area contributed by atoms with Crippen LogP contribution in [-0.2, 0) is 14.9 Å². The summed E-state index contributed by atoms with van der Waals surface area (Å²) in [6, 6.07) is 25.9. The molecule has 306 valence electrons. The fourth-order valence-electron chi connectivity index (χ4n) is 8.15. The van der Waals surface area contributed by atoms with Crippen molar-refractivity contribution in [2.45, 2.75) is 104 Å². The zero-order chi connectivity index (χ0) is 43.2. The molecular weight excluding hydrogens is 841 g/mol. The summed E-state index contributed by atoms with van der Waals surface area (Å²) >= 11 is 29.9. The lowest BCUT2D eigenvalue weighted by Crippen LogP contribution is -2.15. The number of thiol groups is 6. The van der Waals surface area contributed by atoms with Gasteiger partial charge in [0.1, 0.15) is 5.75 Å². The van der Waals surface area contributed by atoms with E-state index in [2.05, 4.69) is 116 Å². The number of carbonyl (C=O) groups excluding carboxylic acids is 1. The fraction of sp³-hybridized carbons (Fsp3) is 0.260. The Kier molecular flexibility index (Phi) is 13.8. The van der Waals surface area contributed by atoms with Crippen molar-refractivity contribution in [2.24, 2.45) is 0 Å². The number of carbonyl (C=O) groups is 1. The van der Waals surface area contributed by atoms with Crippen LogP contribution >= 0.6 is 75.8 Å². The molecule has 3 nitrogen and oxygen atoms in total. The largest absolute Gasteiger partial charge is 0.480 e. The highest BCUT2D eigenvalue weighted by Crippen LogP contribution is 2.45. The van der Waals surface area contributed by atoms with E-state index in [4.69, 9.17) is 85.2 Å². The fourth-order valence-corrected chi connectivity index (χ4v) is 10.8. The van der Waals surface area contributed by atoms with Crippen LogP contribution in [0.2, 0.25) is 0 Å². The summed E-state index contributed by atoms with van der Waals surface area (Å²) in [4.78, 5) is 17.0. The smallest absolute Gasteiger partial charge is 0.344 e. The minimum atomic E-state index is -0.417. The van der Waals surface area contributed by atoms with Crippen molar-refractivity contribution in [1.29, 1.82) is 0 Å². The number of benzene rings is 6. The first kappa shape index (κ1) is 45.2. The van der Waals surface area contributed by atoms with Gasteiger partial charge in [-0.2, -0.15) is 0 Å². The van der Waals surface area contributed by atoms with E-state index in [0.29, 0.717) is 17.3 Å². The summed E-state index contributed by atoms with van der Waals surface area (Å²) in [5.41, 5.74) is 18.4. The van der Waals surface area contributed by atoms with Gasteiger partial charge in [-0.15, -0.1) is 75.8 Å². The molecule has 0 amide bonds. The molecule has 0 aromatic heterocycles. The van der Waals surface area contributed by atoms with E-state index in [1.165, 1.54) is 11.1 Å². The molecule has 6 aromatic rings. The van der Waals surface area contributed by atoms with Crippen molar-refractivity contribution < 1.29 is 14.3 Å². The average molecular weight is 893 g/mol. The molecule has 0 radical (unpaired) electrons. The SMILES string of the molecule is CCOC(=O)COc1c(C)cc(-c2c(C)cc(-c3c(C)cc(-c4c(C)cc(-c5c(C)cc(-c6c(C)cc(C(C)(C)C)cc6S)cc5S)cc4S)cc3S)cc2S)cc1S. The Bertz CT molecular complexity index is 2520. The first-order valence-corrected chi connectivity index (χ1v) is 22.2. The molecule has 0 N–H and O–H groups in total. The molecule has 0 aliphatic carbocycles. The third-order valence-corrected chi connectivity index (χ3v) is 12.9. The summed E-state index contributed by atoms with van der Waals surface area (Å²) in [5, 5.41) is 0. The van der Waals surface area contributed by atoms with Crippen molar-refractivity contribution in [3.63, 3.8) is 0 Å². The molecule has 0 aliphatic rings. The predicted octanol–water partition coefficient (Wildman–Crippen LogP) is 14.8. The number of hydrogen-bond acceptors (Lipinski definition) is 9. The van der Waals surface area contributed by atoms with Crippen molar-refractivity contribution in [2.75, 3.05) is 13.2 Å². The summed E-state index contributed by atoms with van der Waals surface area (Å²) in [7, 11) is 0. The van der Waals surface area contributed by atoms with E-state index < -0.39 is 5.97 Å². The lowest BCUT2D eigenvalue weighted by molar-refractivity contribution is -0.145. The summed E-state index contributed by atoms with van der Waals surface area (Å²) in [6.45, 7) is 21.2. The molecule has 0 saturated carbocycles. The molecule has 0 saturated heterocycles. The third-order valence-electron chi connectivity index (χ3n) is 10.8. The first-order chi connectivity index (χ1) is 27.7. The maximum absolute atomic E-state index is 11.9. The predicted molar refractivity (Wildman–Crippen MR) is 266 cm³/mol. The zero-order valence-corrected chi connectivity index (χ0v) is 40.6. The topological polar surface area (TPSA) is 35.5 Å². The summed E-state index contributed by atoms with van der Waals surface area (Å²) < 4.78 is 10.8. The molecular formula is C50H52O3S6. The van der Waals surface area contributed by atoms with Gasteiger partial charge < -0.3 is 9.47 Å². The molecule has 0 unspecified atom stereocenters. The van der Waals surface area contributed by atoms with Crippen LogP contribution in [-0.4, -0.2) is 19.2 Å². The van der Waals surface area contributed by atoms with Crippen molar-refractivity contribution in [3.05, 3.63) is 112 Å². The van der Waals surface area contributed by atoms with E-state index in [0.717, 1.165) is 108 Å². The van der Waals surface area contributed by atoms with Gasteiger partial charge in [-0.05, 0) is 191 Å². The number of rotatable bonds is 9. The second kappa shape index (κ2) is 18.0. The minimum Gasteiger partial charge on any atom is -0.480 e. The number of ether oxygens (including phenoxy) is 2. The van der Waals surface area contributed by atoms with Gasteiger partial charge in [0.2, 0.25) is 0 Å². The van der Waals surface area contributed by atoms with E-state index in [9.17, 15) is 4.79 Å². The highest BCUT2D eigenvalue weighted by atomic mass is 32.1. The number of hydrogen-bond donors (Lipinski definition) is 6. The van der Waals surface area contributed by atoms with Crippen LogP contribution in [0.1, 0.15) is 66.6 Å². The Labute approximate surface area is 383 Å². The van der Waals surface area contributed by atoms with Crippen molar-refractivity contribution in [1.82, 2.24) is 0 Å². The number of aryl methyl sites for hydroxylation is 6. The molecule has 0 atom stereocenters. The Hall–Kier alpha value is -3.31. The number of esters is 1. The molecule has 0 spiro atoms. The van der Waals surface area contributed by atoms with Crippen LogP contribution in [0.5, 0.6) is 5.75 Å². The maximum atomic E-state index is 11.9. The van der Waals surface area contributed by atoms with Crippen LogP contribution < -0.4 is 4.74 Å². The van der Waals surface area contributed by atoms with Crippen molar-refractivity contribution in [3.8, 4) is 61.4 Å². The van der Waals surface area contributed by atoms with Crippen LogP contribution in [0.4, 0.5) is 0 Å². The van der Waals surface area contributed by atoms with Gasteiger partial charge in [0.25, 0.3) is 0 Å². The Morgan fingerprint density at radius 1 is 0.458 bits per heavy atom. The monoisotopic (exact) mass is 892 g/mol. The maximum Gasteiger partial charge on any atom is 0.344 e. The van der Waals surface area contributed by atoms with Crippen LogP contribution in [0.3, 0.4) is 0 Å². The molecule has 6 aromatic carbocycles. The third kappa shape index (κ3) is 9.46. The summed E-state index contributed by atoms with van der Waals surface area (Å²) in [6.07, 6.45) is 0. The van der Waals surface area contributed by atoms with Gasteiger partial charge in [0, 0.05) is 29.4 Å². The molecule has 0 aliphatic heterocycles. The summed E-state index contributed by atoms with van der Waals surface area (Å²) in [5.74, 6) is 0.140. The zero-order valence-electron chi connectivity index (χ0n) is 35.3. The van der Waals surface area contributed by atoms with E-state index in [-0.39, 0.29) is 12.0 Å². The lowest BCUT2D eigenvalue weighted by atomic mass is 9.84. The second-order valence-corrected chi connectivity index (χ2v) is 19.3. The quantitative estimate of drug-likeness (QED) is 0.0647. The molecule has 0 bridgehead atoms. The Morgan fingerprint density at radius 3 is 1.05 bits per heavy atom. The molecule has 6 rings (SSSR count). The normalized spacial score (nSPS) is 11.6. The molecule has 59 heavy (non-hydrogen) atoms. The molecule has 0 heterocycles. The highest BCUT2D eigenvalue weighted by Gasteiger charge is 2.21. The average Bonchev–Trinajstić information content (AvgIpc) is 3.09. The van der Waals surface area contributed by atoms with Gasteiger partial charge in [-0.25, -0.2) is 4.79 Å². The van der Waals surface area contributed by atoms with Gasteiger partial charge in [-0.1, -0.05) is 51.1 Å². The standard InChI is InChI=1S/C50H52O3S6/c1-11-52-43(51)24-53-49-30(7)16-35(22-42(49)59)47-28(5)14-33(20-40(47)57)45-26(3)12-31(18-38(45)55)44-25(2)13-32(19-37(44)54)46-27(4)15-34(21-39(46)56)48-29(6)17-36(23-41(48)58)50(8,9)10/h12-23,54-59H,11,24H2,1-10H3. The van der Waals surface area contributed by atoms with Crippen LogP contribution in [0.15, 0.2) is 102 Å². The van der Waals surface area contributed by atoms with E-state index >= 15 is 0 Å². The van der Waals surface area contributed by atoms with Crippen molar-refractivity contribution >= 4 is 81.7 Å². The highest BCUT2D eigenvalue weighted by molar-refractivity contribution is 7.81. The van der Waals surface area contributed by atoms with Crippen LogP contribution in [0, 0.1) is 41.5 Å². The Morgan fingerprint density at radius 2 is 0.763 bits per heavy atom. The van der Waals surface area contributed by atoms with Gasteiger partial charge in [0.15, 0.2) is 6.61 Å². The molecule has 9 heteroatoms. The molecule has 0 fully saturated rings. The second-order valence-electron chi connectivity index (χ2n) is 16.4. The van der Waals surface area contributed by atoms with E-state index in [1.807, 2.05) is 19.1 Å². The van der Waals surface area contributed by atoms with Gasteiger partial charge in [-0.3, -0.25) is 0 Å². The minimum absolute atomic E-state index is 0.0417. The van der Waals surface area contributed by atoms with E-state index in [1.54, 1.807) is 6.92 Å². The van der Waals surface area contributed by atoms with Crippen LogP contribution in [0.25, 0.3) is 55.6 Å². The van der Waals surface area contributed by atoms with Gasteiger partial charge >= 0.3 is 5.97 Å². The Balaban J connectivity index is 1.31.